The van der Waals surface area contributed by atoms with Gasteiger partial charge in [0.25, 0.3) is 0 Å². The number of hydrogen-bond donors (Lipinski definition) is 2. The molecule has 0 spiro atoms. The molecule has 4 aliphatic rings. The van der Waals surface area contributed by atoms with Crippen molar-refractivity contribution in [2.75, 3.05) is 0 Å². The molecule has 0 amide bonds. The minimum absolute atomic E-state index is 0.136. The highest BCUT2D eigenvalue weighted by atomic mass is 19.1. The summed E-state index contributed by atoms with van der Waals surface area (Å²) in [7, 11) is 0. The highest BCUT2D eigenvalue weighted by molar-refractivity contribution is 5.85. The van der Waals surface area contributed by atoms with Gasteiger partial charge in [-0.25, -0.2) is 4.79 Å². The van der Waals surface area contributed by atoms with Gasteiger partial charge in [0.1, 0.15) is 5.60 Å². The van der Waals surface area contributed by atoms with Crippen LogP contribution in [-0.4, -0.2) is 33.0 Å². The van der Waals surface area contributed by atoms with E-state index < -0.39 is 28.6 Å². The molecule has 4 bridgehead atoms. The van der Waals surface area contributed by atoms with E-state index in [4.69, 9.17) is 4.74 Å². The lowest BCUT2D eigenvalue weighted by molar-refractivity contribution is -0.260. The average Bonchev–Trinajstić information content (AvgIpc) is 2.09. The van der Waals surface area contributed by atoms with Crippen molar-refractivity contribution in [2.45, 2.75) is 55.3 Å². The maximum Gasteiger partial charge on any atom is 0.367 e. The fourth-order valence-corrected chi connectivity index (χ4v) is 4.62. The molecule has 100 valence electrons. The van der Waals surface area contributed by atoms with Crippen LogP contribution >= 0.6 is 0 Å². The summed E-state index contributed by atoms with van der Waals surface area (Å²) in [6.07, 6.45) is 2.76. The summed E-state index contributed by atoms with van der Waals surface area (Å²) in [6, 6.07) is 0. The minimum atomic E-state index is -1.13. The Balaban J connectivity index is 1.89. The van der Waals surface area contributed by atoms with Crippen LogP contribution in [0, 0.1) is 5.92 Å². The molecule has 4 fully saturated rings. The minimum Gasteiger partial charge on any atom is -0.454 e. The van der Waals surface area contributed by atoms with Gasteiger partial charge in [0.05, 0.1) is 11.2 Å². The van der Waals surface area contributed by atoms with Gasteiger partial charge < -0.3 is 14.9 Å². The molecular formula is C13H17FO4. The summed E-state index contributed by atoms with van der Waals surface area (Å²) >= 11 is 0. The van der Waals surface area contributed by atoms with Crippen molar-refractivity contribution in [2.24, 2.45) is 5.92 Å². The number of esters is 1. The van der Waals surface area contributed by atoms with Crippen LogP contribution in [0.15, 0.2) is 12.4 Å². The molecule has 2 atom stereocenters. The summed E-state index contributed by atoms with van der Waals surface area (Å²) in [5.41, 5.74) is -2.88. The third kappa shape index (κ3) is 1.77. The second kappa shape index (κ2) is 3.33. The van der Waals surface area contributed by atoms with Gasteiger partial charge >= 0.3 is 5.97 Å². The van der Waals surface area contributed by atoms with Crippen molar-refractivity contribution >= 4 is 5.97 Å². The summed E-state index contributed by atoms with van der Waals surface area (Å²) in [5.74, 6) is -2.08. The lowest BCUT2D eigenvalue weighted by Crippen LogP contribution is -2.66. The second-order valence-corrected chi connectivity index (χ2v) is 6.43. The monoisotopic (exact) mass is 256 g/mol. The number of rotatable bonds is 2. The lowest BCUT2D eigenvalue weighted by Gasteiger charge is -2.62. The molecule has 4 nitrogen and oxygen atoms in total. The molecule has 4 saturated carbocycles. The summed E-state index contributed by atoms with van der Waals surface area (Å²) in [6.45, 7) is 2.92. The Kier molecular flexibility index (Phi) is 2.24. The molecule has 2 unspecified atom stereocenters. The third-order valence-electron chi connectivity index (χ3n) is 4.49. The number of hydrogen-bond acceptors (Lipinski definition) is 4. The highest BCUT2D eigenvalue weighted by Gasteiger charge is 2.64. The van der Waals surface area contributed by atoms with Gasteiger partial charge in [-0.2, -0.15) is 4.39 Å². The van der Waals surface area contributed by atoms with Crippen molar-refractivity contribution in [3.05, 3.63) is 12.4 Å². The molecule has 0 aliphatic heterocycles. The molecule has 0 aromatic carbocycles. The normalized spacial score (nSPS) is 49.2. The van der Waals surface area contributed by atoms with E-state index in [1.807, 2.05) is 0 Å². The quantitative estimate of drug-likeness (QED) is 0.575. The Bertz CT molecular complexity index is 415. The largest absolute Gasteiger partial charge is 0.454 e. The Morgan fingerprint density at radius 3 is 2.17 bits per heavy atom. The van der Waals surface area contributed by atoms with Crippen LogP contribution in [0.3, 0.4) is 0 Å². The first-order valence-electron chi connectivity index (χ1n) is 6.26. The number of ether oxygens (including phenoxy) is 1. The average molecular weight is 256 g/mol. The first kappa shape index (κ1) is 12.1. The first-order valence-corrected chi connectivity index (χ1v) is 6.26. The number of carbonyl (C=O) groups is 1. The standard InChI is InChI=1S/C13H17FO4/c1-8(14)10(15)18-13-4-9-2-11(16,6-13)5-12(17,3-9)7-13/h9,16-17H,1-7H2. The molecule has 2 N–H and O–H groups in total. The maximum absolute atomic E-state index is 12.8. The molecule has 18 heavy (non-hydrogen) atoms. The van der Waals surface area contributed by atoms with E-state index in [0.29, 0.717) is 25.7 Å². The van der Waals surface area contributed by atoms with Gasteiger partial charge in [-0.1, -0.05) is 6.58 Å². The summed E-state index contributed by atoms with van der Waals surface area (Å²) in [5, 5.41) is 20.8. The van der Waals surface area contributed by atoms with Gasteiger partial charge in [0.2, 0.25) is 5.83 Å². The van der Waals surface area contributed by atoms with E-state index in [-0.39, 0.29) is 18.8 Å². The first-order chi connectivity index (χ1) is 8.23. The number of carbonyl (C=O) groups excluding carboxylic acids is 1. The lowest BCUT2D eigenvalue weighted by atomic mass is 9.50. The molecule has 0 saturated heterocycles. The Morgan fingerprint density at radius 1 is 1.17 bits per heavy atom. The smallest absolute Gasteiger partial charge is 0.367 e. The molecule has 0 aromatic rings. The second-order valence-electron chi connectivity index (χ2n) is 6.43. The van der Waals surface area contributed by atoms with Crippen LogP contribution in [0.25, 0.3) is 0 Å². The molecule has 4 rings (SSSR count). The van der Waals surface area contributed by atoms with E-state index >= 15 is 0 Å². The van der Waals surface area contributed by atoms with E-state index in [9.17, 15) is 19.4 Å². The molecule has 0 aromatic heterocycles. The van der Waals surface area contributed by atoms with E-state index in [2.05, 4.69) is 6.58 Å². The van der Waals surface area contributed by atoms with Crippen LogP contribution in [0.5, 0.6) is 0 Å². The van der Waals surface area contributed by atoms with E-state index in [1.54, 1.807) is 0 Å². The van der Waals surface area contributed by atoms with Gasteiger partial charge in [-0.3, -0.25) is 0 Å². The molecule has 5 heteroatoms. The SMILES string of the molecule is C=C(F)C(=O)OC12CC3CC(O)(CC(O)(C3)C1)C2. The van der Waals surface area contributed by atoms with Crippen LogP contribution in [0.1, 0.15) is 38.5 Å². The predicted molar refractivity (Wildman–Crippen MR) is 60.2 cm³/mol. The van der Waals surface area contributed by atoms with Crippen molar-refractivity contribution in [1.82, 2.24) is 0 Å². The Hall–Kier alpha value is -0.940. The summed E-state index contributed by atoms with van der Waals surface area (Å²) in [4.78, 5) is 11.4. The van der Waals surface area contributed by atoms with Crippen molar-refractivity contribution in [3.8, 4) is 0 Å². The zero-order valence-corrected chi connectivity index (χ0v) is 10.1. The predicted octanol–water partition coefficient (Wildman–Crippen LogP) is 1.21. The van der Waals surface area contributed by atoms with Gasteiger partial charge in [0.15, 0.2) is 0 Å². The number of halogens is 1. The van der Waals surface area contributed by atoms with Crippen molar-refractivity contribution < 1.29 is 24.1 Å². The molecule has 0 heterocycles. The van der Waals surface area contributed by atoms with Crippen LogP contribution < -0.4 is 0 Å². The van der Waals surface area contributed by atoms with Crippen LogP contribution in [0.4, 0.5) is 4.39 Å². The zero-order valence-electron chi connectivity index (χ0n) is 10.1. The van der Waals surface area contributed by atoms with Crippen molar-refractivity contribution in [3.63, 3.8) is 0 Å². The van der Waals surface area contributed by atoms with Gasteiger partial charge in [-0.05, 0) is 25.2 Å². The Labute approximate surface area is 104 Å². The van der Waals surface area contributed by atoms with Gasteiger partial charge in [0, 0.05) is 19.3 Å². The van der Waals surface area contributed by atoms with E-state index in [1.165, 1.54) is 0 Å². The van der Waals surface area contributed by atoms with Crippen LogP contribution in [-0.2, 0) is 9.53 Å². The third-order valence-corrected chi connectivity index (χ3v) is 4.49. The Morgan fingerprint density at radius 2 is 1.72 bits per heavy atom. The molecule has 4 aliphatic carbocycles. The highest BCUT2D eigenvalue weighted by Crippen LogP contribution is 2.60. The van der Waals surface area contributed by atoms with E-state index in [0.717, 1.165) is 0 Å². The fraction of sp³-hybridized carbons (Fsp3) is 0.769. The van der Waals surface area contributed by atoms with Crippen molar-refractivity contribution in [1.29, 1.82) is 0 Å². The van der Waals surface area contributed by atoms with Gasteiger partial charge in [-0.15, -0.1) is 0 Å². The maximum atomic E-state index is 12.8. The molecular weight excluding hydrogens is 239 g/mol. The van der Waals surface area contributed by atoms with Crippen LogP contribution in [0.2, 0.25) is 0 Å². The topological polar surface area (TPSA) is 66.8 Å². The zero-order chi connectivity index (χ0) is 13.2. The molecule has 0 radical (unpaired) electrons. The summed E-state index contributed by atoms with van der Waals surface area (Å²) < 4.78 is 18.0. The fourth-order valence-electron chi connectivity index (χ4n) is 4.62. The number of aliphatic hydroxyl groups is 2.